The third-order valence-electron chi connectivity index (χ3n) is 3.58. The Morgan fingerprint density at radius 1 is 1.05 bits per heavy atom. The first-order valence-electron chi connectivity index (χ1n) is 8.36. The first-order valence-corrected chi connectivity index (χ1v) is 9.15. The zero-order valence-electron chi connectivity index (χ0n) is 13.5. The van der Waals surface area contributed by atoms with Crippen LogP contribution in [0.5, 0.6) is 0 Å². The van der Waals surface area contributed by atoms with Crippen molar-refractivity contribution in [3.8, 4) is 0 Å². The van der Waals surface area contributed by atoms with Crippen LogP contribution < -0.4 is 5.32 Å². The van der Waals surface area contributed by atoms with Gasteiger partial charge in [0.2, 0.25) is 0 Å². The van der Waals surface area contributed by atoms with Crippen LogP contribution in [-0.2, 0) is 4.74 Å². The first-order chi connectivity index (χ1) is 10.3. The Morgan fingerprint density at radius 2 is 1.81 bits per heavy atom. The number of hydrogen-bond donors (Lipinski definition) is 1. The summed E-state index contributed by atoms with van der Waals surface area (Å²) in [7, 11) is 0. The van der Waals surface area contributed by atoms with E-state index in [1.807, 2.05) is 0 Å². The molecule has 0 aliphatic rings. The van der Waals surface area contributed by atoms with E-state index < -0.39 is 0 Å². The number of hydrogen-bond acceptors (Lipinski definition) is 2. The molecule has 0 amide bonds. The molecule has 1 rings (SSSR count). The molecule has 0 aliphatic carbocycles. The average molecular weight is 356 g/mol. The smallest absolute Gasteiger partial charge is 0.0960 e. The van der Waals surface area contributed by atoms with Crippen LogP contribution in [0, 0.1) is 0 Å². The van der Waals surface area contributed by atoms with Crippen LogP contribution in [0.15, 0.2) is 28.7 Å². The van der Waals surface area contributed by atoms with Crippen LogP contribution in [0.2, 0.25) is 0 Å². The molecule has 1 N–H and O–H groups in total. The van der Waals surface area contributed by atoms with E-state index in [4.69, 9.17) is 4.74 Å². The lowest BCUT2D eigenvalue weighted by Crippen LogP contribution is -2.24. The van der Waals surface area contributed by atoms with Gasteiger partial charge in [0.25, 0.3) is 0 Å². The lowest BCUT2D eigenvalue weighted by atomic mass is 10.1. The highest BCUT2D eigenvalue weighted by molar-refractivity contribution is 9.10. The topological polar surface area (TPSA) is 21.3 Å². The molecule has 3 heteroatoms. The molecule has 0 heterocycles. The molecule has 0 saturated heterocycles. The van der Waals surface area contributed by atoms with Gasteiger partial charge >= 0.3 is 0 Å². The molecule has 21 heavy (non-hydrogen) atoms. The van der Waals surface area contributed by atoms with E-state index in [0.717, 1.165) is 37.0 Å². The minimum atomic E-state index is 0.137. The van der Waals surface area contributed by atoms with Gasteiger partial charge in [-0.2, -0.15) is 0 Å². The van der Waals surface area contributed by atoms with Crippen molar-refractivity contribution in [1.82, 2.24) is 5.32 Å². The Labute approximate surface area is 138 Å². The highest BCUT2D eigenvalue weighted by atomic mass is 79.9. The van der Waals surface area contributed by atoms with E-state index in [0.29, 0.717) is 0 Å². The molecule has 0 saturated carbocycles. The van der Waals surface area contributed by atoms with E-state index in [2.05, 4.69) is 59.4 Å². The monoisotopic (exact) mass is 355 g/mol. The highest BCUT2D eigenvalue weighted by Crippen LogP contribution is 2.25. The lowest BCUT2D eigenvalue weighted by molar-refractivity contribution is 0.0495. The highest BCUT2D eigenvalue weighted by Gasteiger charge is 2.14. The number of nitrogens with one attached hydrogen (secondary N) is 1. The lowest BCUT2D eigenvalue weighted by Gasteiger charge is -2.20. The van der Waals surface area contributed by atoms with Crippen LogP contribution in [0.25, 0.3) is 0 Å². The van der Waals surface area contributed by atoms with Crippen LogP contribution in [0.3, 0.4) is 0 Å². The Kier molecular flexibility index (Phi) is 10.8. The Morgan fingerprint density at radius 3 is 2.52 bits per heavy atom. The second-order valence-electron chi connectivity index (χ2n) is 5.50. The maximum Gasteiger partial charge on any atom is 0.0960 e. The minimum absolute atomic E-state index is 0.137. The number of ether oxygens (including phenoxy) is 1. The van der Waals surface area contributed by atoms with Gasteiger partial charge in [-0.3, -0.25) is 0 Å². The van der Waals surface area contributed by atoms with Crippen LogP contribution in [0.4, 0.5) is 0 Å². The summed E-state index contributed by atoms with van der Waals surface area (Å²) in [5, 5.41) is 3.48. The maximum absolute atomic E-state index is 6.14. The molecule has 0 radical (unpaired) electrons. The molecular weight excluding hydrogens is 326 g/mol. The summed E-state index contributed by atoms with van der Waals surface area (Å²) in [4.78, 5) is 0. The van der Waals surface area contributed by atoms with E-state index in [1.54, 1.807) is 0 Å². The third kappa shape index (κ3) is 7.98. The Bertz CT molecular complexity index is 370. The number of unbranched alkanes of at least 4 members (excludes halogenated alkanes) is 4. The SMILES string of the molecule is CCCCCCCOC(CNCCC)c1ccccc1Br. The largest absolute Gasteiger partial charge is 0.372 e. The van der Waals surface area contributed by atoms with Gasteiger partial charge in [-0.15, -0.1) is 0 Å². The molecule has 0 fully saturated rings. The van der Waals surface area contributed by atoms with Crippen molar-refractivity contribution < 1.29 is 4.74 Å². The fraction of sp³-hybridized carbons (Fsp3) is 0.667. The number of rotatable bonds is 12. The zero-order valence-corrected chi connectivity index (χ0v) is 15.1. The van der Waals surface area contributed by atoms with Crippen molar-refractivity contribution in [1.29, 1.82) is 0 Å². The summed E-state index contributed by atoms with van der Waals surface area (Å²) in [5.74, 6) is 0. The van der Waals surface area contributed by atoms with Gasteiger partial charge in [0.15, 0.2) is 0 Å². The molecule has 1 aromatic rings. The van der Waals surface area contributed by atoms with Gasteiger partial charge in [-0.25, -0.2) is 0 Å². The number of halogens is 1. The van der Waals surface area contributed by atoms with Crippen molar-refractivity contribution >= 4 is 15.9 Å². The molecule has 0 spiro atoms. The summed E-state index contributed by atoms with van der Waals surface area (Å²) in [6.07, 6.45) is 7.69. The van der Waals surface area contributed by atoms with Crippen molar-refractivity contribution in [2.24, 2.45) is 0 Å². The molecule has 0 bridgehead atoms. The van der Waals surface area contributed by atoms with E-state index >= 15 is 0 Å². The molecule has 120 valence electrons. The second kappa shape index (κ2) is 12.2. The fourth-order valence-corrected chi connectivity index (χ4v) is 2.88. The molecule has 1 aromatic carbocycles. The molecule has 1 unspecified atom stereocenters. The zero-order chi connectivity index (χ0) is 15.3. The van der Waals surface area contributed by atoms with Crippen LogP contribution in [-0.4, -0.2) is 19.7 Å². The fourth-order valence-electron chi connectivity index (χ4n) is 2.34. The van der Waals surface area contributed by atoms with Gasteiger partial charge in [0, 0.05) is 17.6 Å². The quantitative estimate of drug-likeness (QED) is 0.501. The predicted molar refractivity (Wildman–Crippen MR) is 94.8 cm³/mol. The predicted octanol–water partition coefficient (Wildman–Crippen LogP) is 5.48. The first kappa shape index (κ1) is 18.7. The molecule has 0 aromatic heterocycles. The molecule has 1 atom stereocenters. The maximum atomic E-state index is 6.14. The normalized spacial score (nSPS) is 12.5. The van der Waals surface area contributed by atoms with Gasteiger partial charge in [-0.05, 0) is 31.0 Å². The Balaban J connectivity index is 2.43. The van der Waals surface area contributed by atoms with Gasteiger partial charge < -0.3 is 10.1 Å². The third-order valence-corrected chi connectivity index (χ3v) is 4.30. The standard InChI is InChI=1S/C18H30BrNO/c1-3-5-6-7-10-14-21-18(15-20-13-4-2)16-11-8-9-12-17(16)19/h8-9,11-12,18,20H,3-7,10,13-15H2,1-2H3. The summed E-state index contributed by atoms with van der Waals surface area (Å²) in [6.45, 7) is 7.21. The Hall–Kier alpha value is -0.380. The molecule has 0 aliphatic heterocycles. The van der Waals surface area contributed by atoms with E-state index in [-0.39, 0.29) is 6.10 Å². The van der Waals surface area contributed by atoms with E-state index in [1.165, 1.54) is 31.2 Å². The van der Waals surface area contributed by atoms with Crippen LogP contribution in [0.1, 0.15) is 64.0 Å². The van der Waals surface area contributed by atoms with Crippen molar-refractivity contribution in [3.63, 3.8) is 0 Å². The van der Waals surface area contributed by atoms with Gasteiger partial charge in [0.05, 0.1) is 6.10 Å². The summed E-state index contributed by atoms with van der Waals surface area (Å²) < 4.78 is 7.28. The molecule has 2 nitrogen and oxygen atoms in total. The van der Waals surface area contributed by atoms with Crippen molar-refractivity contribution in [2.45, 2.75) is 58.5 Å². The van der Waals surface area contributed by atoms with Crippen LogP contribution >= 0.6 is 15.9 Å². The van der Waals surface area contributed by atoms with Crippen molar-refractivity contribution in [3.05, 3.63) is 34.3 Å². The summed E-state index contributed by atoms with van der Waals surface area (Å²) >= 11 is 3.64. The van der Waals surface area contributed by atoms with Crippen molar-refractivity contribution in [2.75, 3.05) is 19.7 Å². The van der Waals surface area contributed by atoms with Gasteiger partial charge in [0.1, 0.15) is 0 Å². The average Bonchev–Trinajstić information content (AvgIpc) is 2.50. The second-order valence-corrected chi connectivity index (χ2v) is 6.35. The minimum Gasteiger partial charge on any atom is -0.372 e. The summed E-state index contributed by atoms with van der Waals surface area (Å²) in [6, 6.07) is 8.37. The summed E-state index contributed by atoms with van der Waals surface area (Å²) in [5.41, 5.74) is 1.25. The van der Waals surface area contributed by atoms with Gasteiger partial charge in [-0.1, -0.05) is 73.7 Å². The number of benzene rings is 1. The van der Waals surface area contributed by atoms with E-state index in [9.17, 15) is 0 Å². The molecular formula is C18H30BrNO.